The number of halogens is 2. The Morgan fingerprint density at radius 1 is 1.26 bits per heavy atom. The summed E-state index contributed by atoms with van der Waals surface area (Å²) < 4.78 is 4.89. The average Bonchev–Trinajstić information content (AvgIpc) is 2.50. The third-order valence-corrected chi connectivity index (χ3v) is 3.42. The molecule has 0 saturated heterocycles. The lowest BCUT2D eigenvalue weighted by Gasteiger charge is -2.10. The van der Waals surface area contributed by atoms with Gasteiger partial charge in [0.25, 0.3) is 5.91 Å². The van der Waals surface area contributed by atoms with Gasteiger partial charge in [-0.05, 0) is 31.2 Å². The molecule has 0 saturated carbocycles. The van der Waals surface area contributed by atoms with Gasteiger partial charge in [0.1, 0.15) is 5.69 Å². The summed E-state index contributed by atoms with van der Waals surface area (Å²) in [7, 11) is 1.57. The third-order valence-electron chi connectivity index (χ3n) is 2.85. The zero-order chi connectivity index (χ0) is 16.8. The summed E-state index contributed by atoms with van der Waals surface area (Å²) in [4.78, 5) is 20.5. The van der Waals surface area contributed by atoms with Gasteiger partial charge in [0, 0.05) is 24.4 Å². The fourth-order valence-electron chi connectivity index (χ4n) is 1.81. The van der Waals surface area contributed by atoms with E-state index in [0.29, 0.717) is 34.6 Å². The topological polar surface area (TPSA) is 76.1 Å². The summed E-state index contributed by atoms with van der Waals surface area (Å²) in [6, 6.07) is 6.61. The van der Waals surface area contributed by atoms with E-state index in [-0.39, 0.29) is 17.5 Å². The van der Waals surface area contributed by atoms with E-state index in [1.807, 2.05) is 0 Å². The van der Waals surface area contributed by atoms with Gasteiger partial charge >= 0.3 is 0 Å². The molecule has 0 radical (unpaired) electrons. The summed E-state index contributed by atoms with van der Waals surface area (Å²) in [6.07, 6.45) is 0. The van der Waals surface area contributed by atoms with Gasteiger partial charge in [-0.2, -0.15) is 0 Å². The molecule has 2 aromatic rings. The molecule has 6 nitrogen and oxygen atoms in total. The van der Waals surface area contributed by atoms with Crippen LogP contribution in [0.4, 0.5) is 11.6 Å². The first kappa shape index (κ1) is 17.5. The number of carbonyl (C=O) groups excluding carboxylic acids is 1. The van der Waals surface area contributed by atoms with Crippen LogP contribution in [0, 0.1) is 6.92 Å². The van der Waals surface area contributed by atoms with Crippen LogP contribution in [0.3, 0.4) is 0 Å². The molecule has 1 amide bonds. The molecule has 0 fully saturated rings. The van der Waals surface area contributed by atoms with Crippen LogP contribution in [0.1, 0.15) is 16.2 Å². The molecule has 0 unspecified atom stereocenters. The first-order valence-corrected chi connectivity index (χ1v) is 7.60. The second kappa shape index (κ2) is 8.10. The molecule has 2 N–H and O–H groups in total. The van der Waals surface area contributed by atoms with Crippen molar-refractivity contribution in [2.45, 2.75) is 6.92 Å². The Labute approximate surface area is 144 Å². The normalized spacial score (nSPS) is 10.4. The highest BCUT2D eigenvalue weighted by Crippen LogP contribution is 2.27. The Morgan fingerprint density at radius 3 is 2.78 bits per heavy atom. The number of aromatic nitrogens is 2. The predicted octanol–water partition coefficient (Wildman–Crippen LogP) is 3.21. The van der Waals surface area contributed by atoms with Crippen LogP contribution in [0.15, 0.2) is 24.3 Å². The van der Waals surface area contributed by atoms with E-state index in [1.165, 1.54) is 0 Å². The molecule has 0 spiro atoms. The molecule has 0 aliphatic heterocycles. The van der Waals surface area contributed by atoms with Crippen molar-refractivity contribution in [3.8, 4) is 0 Å². The Kier molecular flexibility index (Phi) is 6.15. The molecule has 2 rings (SSSR count). The first-order valence-electron chi connectivity index (χ1n) is 6.84. The van der Waals surface area contributed by atoms with Crippen LogP contribution in [-0.4, -0.2) is 36.1 Å². The van der Waals surface area contributed by atoms with E-state index in [4.69, 9.17) is 27.9 Å². The molecule has 23 heavy (non-hydrogen) atoms. The van der Waals surface area contributed by atoms with Gasteiger partial charge in [-0.25, -0.2) is 9.97 Å². The van der Waals surface area contributed by atoms with Crippen LogP contribution in [0.2, 0.25) is 10.0 Å². The molecule has 0 bridgehead atoms. The van der Waals surface area contributed by atoms with Gasteiger partial charge in [0.2, 0.25) is 5.95 Å². The third kappa shape index (κ3) is 5.06. The molecule has 0 aliphatic carbocycles. The number of aryl methyl sites for hydroxylation is 1. The maximum Gasteiger partial charge on any atom is 0.270 e. The number of hydrogen-bond donors (Lipinski definition) is 2. The Balaban J connectivity index is 2.20. The zero-order valence-corrected chi connectivity index (χ0v) is 14.2. The number of rotatable bonds is 6. The van der Waals surface area contributed by atoms with Gasteiger partial charge in [0.05, 0.1) is 17.3 Å². The fraction of sp³-hybridized carbons (Fsp3) is 0.267. The number of nitrogens with zero attached hydrogens (tertiary/aromatic N) is 2. The maximum absolute atomic E-state index is 12.1. The SMILES string of the molecule is COCCNC(=O)c1cc(C)nc(Nc2cc(Cl)ccc2Cl)n1. The summed E-state index contributed by atoms with van der Waals surface area (Å²) in [6.45, 7) is 2.61. The quantitative estimate of drug-likeness (QED) is 0.779. The summed E-state index contributed by atoms with van der Waals surface area (Å²) in [5.41, 5.74) is 1.47. The largest absolute Gasteiger partial charge is 0.383 e. The van der Waals surface area contributed by atoms with Crippen molar-refractivity contribution in [2.75, 3.05) is 25.6 Å². The van der Waals surface area contributed by atoms with Gasteiger partial charge < -0.3 is 15.4 Å². The Bertz CT molecular complexity index is 710. The molecule has 1 heterocycles. The van der Waals surface area contributed by atoms with Crippen LogP contribution >= 0.6 is 23.2 Å². The minimum absolute atomic E-state index is 0.259. The molecule has 1 aromatic carbocycles. The predicted molar refractivity (Wildman–Crippen MR) is 90.7 cm³/mol. The molecule has 0 aliphatic rings. The second-order valence-corrected chi connectivity index (χ2v) is 5.56. The standard InChI is InChI=1S/C15H16Cl2N4O2/c1-9-7-13(14(22)18-5-6-23-2)21-15(19-9)20-12-8-10(16)3-4-11(12)17/h3-4,7-8H,5-6H2,1-2H3,(H,18,22)(H,19,20,21). The maximum atomic E-state index is 12.1. The van der Waals surface area contributed by atoms with Gasteiger partial charge in [-0.1, -0.05) is 23.2 Å². The van der Waals surface area contributed by atoms with Crippen LogP contribution in [0.5, 0.6) is 0 Å². The van der Waals surface area contributed by atoms with E-state index in [2.05, 4.69) is 20.6 Å². The molecular formula is C15H16Cl2N4O2. The number of nitrogens with one attached hydrogen (secondary N) is 2. The lowest BCUT2D eigenvalue weighted by molar-refractivity contribution is 0.0932. The lowest BCUT2D eigenvalue weighted by atomic mass is 10.3. The number of hydrogen-bond acceptors (Lipinski definition) is 5. The van der Waals surface area contributed by atoms with Crippen molar-refractivity contribution in [2.24, 2.45) is 0 Å². The molecule has 122 valence electrons. The van der Waals surface area contributed by atoms with E-state index in [1.54, 1.807) is 38.3 Å². The second-order valence-electron chi connectivity index (χ2n) is 4.72. The van der Waals surface area contributed by atoms with E-state index in [9.17, 15) is 4.79 Å². The van der Waals surface area contributed by atoms with Crippen LogP contribution in [-0.2, 0) is 4.74 Å². The molecule has 0 atom stereocenters. The Morgan fingerprint density at radius 2 is 2.04 bits per heavy atom. The van der Waals surface area contributed by atoms with Gasteiger partial charge in [-0.15, -0.1) is 0 Å². The molecule has 1 aromatic heterocycles. The van der Waals surface area contributed by atoms with Crippen LogP contribution < -0.4 is 10.6 Å². The van der Waals surface area contributed by atoms with Crippen LogP contribution in [0.25, 0.3) is 0 Å². The monoisotopic (exact) mass is 354 g/mol. The van der Waals surface area contributed by atoms with E-state index in [0.717, 1.165) is 0 Å². The summed E-state index contributed by atoms with van der Waals surface area (Å²) >= 11 is 12.1. The minimum Gasteiger partial charge on any atom is -0.383 e. The van der Waals surface area contributed by atoms with E-state index >= 15 is 0 Å². The average molecular weight is 355 g/mol. The highest BCUT2D eigenvalue weighted by atomic mass is 35.5. The number of amides is 1. The van der Waals surface area contributed by atoms with E-state index < -0.39 is 0 Å². The summed E-state index contributed by atoms with van der Waals surface area (Å²) in [5.74, 6) is -0.0288. The van der Waals surface area contributed by atoms with Crippen molar-refractivity contribution >= 4 is 40.7 Å². The molecular weight excluding hydrogens is 339 g/mol. The highest BCUT2D eigenvalue weighted by molar-refractivity contribution is 6.35. The number of anilines is 2. The first-order chi connectivity index (χ1) is 11.0. The smallest absolute Gasteiger partial charge is 0.270 e. The molecule has 8 heteroatoms. The van der Waals surface area contributed by atoms with Crippen molar-refractivity contribution in [3.05, 3.63) is 45.7 Å². The van der Waals surface area contributed by atoms with Gasteiger partial charge in [-0.3, -0.25) is 4.79 Å². The van der Waals surface area contributed by atoms with Crippen molar-refractivity contribution in [3.63, 3.8) is 0 Å². The highest BCUT2D eigenvalue weighted by Gasteiger charge is 2.11. The lowest BCUT2D eigenvalue weighted by Crippen LogP contribution is -2.28. The van der Waals surface area contributed by atoms with Crippen molar-refractivity contribution in [1.82, 2.24) is 15.3 Å². The van der Waals surface area contributed by atoms with Crippen molar-refractivity contribution < 1.29 is 9.53 Å². The number of benzene rings is 1. The van der Waals surface area contributed by atoms with Gasteiger partial charge in [0.15, 0.2) is 0 Å². The number of ether oxygens (including phenoxy) is 1. The minimum atomic E-state index is -0.298. The Hall–Kier alpha value is -1.89. The van der Waals surface area contributed by atoms with Crippen molar-refractivity contribution in [1.29, 1.82) is 0 Å². The fourth-order valence-corrected chi connectivity index (χ4v) is 2.15. The number of carbonyl (C=O) groups is 1. The number of methoxy groups -OCH3 is 1. The zero-order valence-electron chi connectivity index (χ0n) is 12.7. The summed E-state index contributed by atoms with van der Waals surface area (Å²) in [5, 5.41) is 6.69.